The molecule has 4 heteroatoms. The zero-order chi connectivity index (χ0) is 18.1. The van der Waals surface area contributed by atoms with Crippen LogP contribution in [-0.2, 0) is 24.2 Å². The Bertz CT molecular complexity index is 966. The van der Waals surface area contributed by atoms with E-state index in [1.165, 1.54) is 0 Å². The van der Waals surface area contributed by atoms with Crippen molar-refractivity contribution in [1.82, 2.24) is 4.98 Å². The van der Waals surface area contributed by atoms with Crippen LogP contribution in [0.3, 0.4) is 0 Å². The van der Waals surface area contributed by atoms with E-state index in [-0.39, 0.29) is 12.6 Å². The molecule has 0 fully saturated rings. The summed E-state index contributed by atoms with van der Waals surface area (Å²) in [6, 6.07) is 15.7. The molecule has 1 atom stereocenters. The van der Waals surface area contributed by atoms with E-state index in [4.69, 9.17) is 9.72 Å². The lowest BCUT2D eigenvalue weighted by atomic mass is 9.84. The van der Waals surface area contributed by atoms with Crippen LogP contribution in [0.25, 0.3) is 10.9 Å². The molecule has 3 nitrogen and oxygen atoms in total. The van der Waals surface area contributed by atoms with Gasteiger partial charge in [-0.05, 0) is 54.5 Å². The van der Waals surface area contributed by atoms with Gasteiger partial charge in [-0.25, -0.2) is 4.79 Å². The van der Waals surface area contributed by atoms with Crippen molar-refractivity contribution in [2.75, 3.05) is 0 Å². The van der Waals surface area contributed by atoms with Crippen LogP contribution in [0.15, 0.2) is 53.0 Å². The van der Waals surface area contributed by atoms with Crippen molar-refractivity contribution in [3.63, 3.8) is 0 Å². The minimum absolute atomic E-state index is 0.253. The van der Waals surface area contributed by atoms with Gasteiger partial charge in [-0.15, -0.1) is 0 Å². The monoisotopic (exact) mass is 409 g/mol. The third-order valence-corrected chi connectivity index (χ3v) is 5.52. The Morgan fingerprint density at radius 1 is 1.19 bits per heavy atom. The summed E-state index contributed by atoms with van der Waals surface area (Å²) < 4.78 is 6.69. The minimum atomic E-state index is -0.253. The maximum atomic E-state index is 13.0. The number of nitrogens with zero attached hydrogens (tertiary/aromatic N) is 1. The first-order chi connectivity index (χ1) is 12.6. The van der Waals surface area contributed by atoms with Crippen molar-refractivity contribution >= 4 is 32.8 Å². The molecule has 0 amide bonds. The van der Waals surface area contributed by atoms with E-state index >= 15 is 0 Å². The summed E-state index contributed by atoms with van der Waals surface area (Å²) in [6.45, 7) is 2.50. The average molecular weight is 410 g/mol. The van der Waals surface area contributed by atoms with E-state index < -0.39 is 0 Å². The van der Waals surface area contributed by atoms with Crippen LogP contribution in [0, 0.1) is 5.92 Å². The fraction of sp³-hybridized carbons (Fsp3) is 0.273. The Kier molecular flexibility index (Phi) is 4.77. The molecule has 1 aliphatic carbocycles. The molecule has 132 valence electrons. The molecule has 4 rings (SSSR count). The highest BCUT2D eigenvalue weighted by Crippen LogP contribution is 2.32. The summed E-state index contributed by atoms with van der Waals surface area (Å²) in [5.41, 5.74) is 4.67. The highest BCUT2D eigenvalue weighted by atomic mass is 79.9. The number of aryl methyl sites for hydroxylation is 1. The van der Waals surface area contributed by atoms with E-state index in [1.807, 2.05) is 48.5 Å². The van der Waals surface area contributed by atoms with E-state index in [0.717, 1.165) is 51.5 Å². The number of rotatable bonds is 3. The zero-order valence-electron chi connectivity index (χ0n) is 14.7. The van der Waals surface area contributed by atoms with E-state index in [2.05, 4.69) is 22.9 Å². The average Bonchev–Trinajstić information content (AvgIpc) is 2.65. The largest absolute Gasteiger partial charge is 0.457 e. The summed E-state index contributed by atoms with van der Waals surface area (Å²) in [4.78, 5) is 17.8. The maximum Gasteiger partial charge on any atom is 0.339 e. The lowest BCUT2D eigenvalue weighted by molar-refractivity contribution is 0.0473. The Balaban J connectivity index is 1.70. The molecule has 1 aromatic heterocycles. The summed E-state index contributed by atoms with van der Waals surface area (Å²) in [7, 11) is 0. The van der Waals surface area contributed by atoms with Gasteiger partial charge in [0.25, 0.3) is 0 Å². The number of aromatic nitrogens is 1. The van der Waals surface area contributed by atoms with Crippen molar-refractivity contribution in [3.05, 3.63) is 75.4 Å². The van der Waals surface area contributed by atoms with Gasteiger partial charge in [0.1, 0.15) is 6.61 Å². The Hall–Kier alpha value is -2.20. The third kappa shape index (κ3) is 3.38. The second-order valence-corrected chi connectivity index (χ2v) is 7.90. The van der Waals surface area contributed by atoms with E-state index in [9.17, 15) is 4.79 Å². The molecule has 0 unspecified atom stereocenters. The number of fused-ring (bicyclic) bond motifs is 2. The number of carbonyl (C=O) groups is 1. The summed E-state index contributed by atoms with van der Waals surface area (Å²) in [6.07, 6.45) is 2.93. The Morgan fingerprint density at radius 2 is 1.96 bits per heavy atom. The smallest absolute Gasteiger partial charge is 0.339 e. The number of benzene rings is 2. The van der Waals surface area contributed by atoms with Gasteiger partial charge in [0, 0.05) is 15.6 Å². The van der Waals surface area contributed by atoms with Crippen molar-refractivity contribution in [2.24, 2.45) is 5.92 Å². The molecule has 3 aromatic rings. The maximum absolute atomic E-state index is 13.0. The Labute approximate surface area is 161 Å². The first-order valence-electron chi connectivity index (χ1n) is 8.94. The lowest BCUT2D eigenvalue weighted by Gasteiger charge is -2.24. The highest BCUT2D eigenvalue weighted by molar-refractivity contribution is 9.10. The van der Waals surface area contributed by atoms with Crippen molar-refractivity contribution in [2.45, 2.75) is 32.8 Å². The van der Waals surface area contributed by atoms with Crippen LogP contribution in [0.4, 0.5) is 0 Å². The van der Waals surface area contributed by atoms with Crippen LogP contribution < -0.4 is 0 Å². The van der Waals surface area contributed by atoms with E-state index in [1.54, 1.807) is 0 Å². The first-order valence-corrected chi connectivity index (χ1v) is 9.73. The van der Waals surface area contributed by atoms with Crippen molar-refractivity contribution < 1.29 is 9.53 Å². The normalized spacial score (nSPS) is 16.3. The van der Waals surface area contributed by atoms with Gasteiger partial charge in [-0.2, -0.15) is 0 Å². The molecule has 26 heavy (non-hydrogen) atoms. The molecule has 0 radical (unpaired) electrons. The van der Waals surface area contributed by atoms with Gasteiger partial charge in [0.15, 0.2) is 0 Å². The van der Waals surface area contributed by atoms with Crippen molar-refractivity contribution in [3.8, 4) is 0 Å². The SMILES string of the molecule is C[C@@H]1CCc2nc3ccccc3c(C(=O)OCc3ccc(Br)cc3)c2C1. The van der Waals surface area contributed by atoms with Gasteiger partial charge in [0.2, 0.25) is 0 Å². The minimum Gasteiger partial charge on any atom is -0.457 e. The van der Waals surface area contributed by atoms with Gasteiger partial charge < -0.3 is 4.74 Å². The predicted molar refractivity (Wildman–Crippen MR) is 106 cm³/mol. The van der Waals surface area contributed by atoms with Crippen LogP contribution in [0.1, 0.15) is 40.5 Å². The van der Waals surface area contributed by atoms with E-state index in [0.29, 0.717) is 11.5 Å². The predicted octanol–water partition coefficient (Wildman–Crippen LogP) is 5.48. The quantitative estimate of drug-likeness (QED) is 0.537. The molecular weight excluding hydrogens is 390 g/mol. The molecule has 0 saturated heterocycles. The second kappa shape index (κ2) is 7.20. The first kappa shape index (κ1) is 17.2. The van der Waals surface area contributed by atoms with Crippen LogP contribution in [0.2, 0.25) is 0 Å². The molecule has 0 aliphatic heterocycles. The molecular formula is C22H20BrNO2. The standard InChI is InChI=1S/C22H20BrNO2/c1-14-6-11-20-18(12-14)21(17-4-2-3-5-19(17)24-20)22(25)26-13-15-7-9-16(23)10-8-15/h2-5,7-10,14H,6,11-13H2,1H3/t14-/m1/s1. The fourth-order valence-electron chi connectivity index (χ4n) is 3.60. The van der Waals surface area contributed by atoms with Crippen LogP contribution in [-0.4, -0.2) is 11.0 Å². The Morgan fingerprint density at radius 3 is 2.77 bits per heavy atom. The topological polar surface area (TPSA) is 39.2 Å². The number of ether oxygens (including phenoxy) is 1. The number of para-hydroxylation sites is 1. The third-order valence-electron chi connectivity index (χ3n) is 4.99. The number of hydrogen-bond donors (Lipinski definition) is 0. The molecule has 2 aromatic carbocycles. The molecule has 0 N–H and O–H groups in total. The molecule has 1 heterocycles. The number of carbonyl (C=O) groups excluding carboxylic acids is 1. The molecule has 0 bridgehead atoms. The number of halogens is 1. The number of esters is 1. The molecule has 0 spiro atoms. The number of hydrogen-bond acceptors (Lipinski definition) is 3. The van der Waals surface area contributed by atoms with Gasteiger partial charge >= 0.3 is 5.97 Å². The van der Waals surface area contributed by atoms with Crippen LogP contribution in [0.5, 0.6) is 0 Å². The summed E-state index contributed by atoms with van der Waals surface area (Å²) in [5.74, 6) is 0.306. The fourth-order valence-corrected chi connectivity index (χ4v) is 3.86. The lowest BCUT2D eigenvalue weighted by Crippen LogP contribution is -2.19. The summed E-state index contributed by atoms with van der Waals surface area (Å²) in [5, 5.41) is 0.890. The van der Waals surface area contributed by atoms with Crippen molar-refractivity contribution in [1.29, 1.82) is 0 Å². The second-order valence-electron chi connectivity index (χ2n) is 6.98. The van der Waals surface area contributed by atoms with Gasteiger partial charge in [0.05, 0.1) is 11.1 Å². The molecule has 1 aliphatic rings. The zero-order valence-corrected chi connectivity index (χ0v) is 16.3. The summed E-state index contributed by atoms with van der Waals surface area (Å²) >= 11 is 3.42. The van der Waals surface area contributed by atoms with Gasteiger partial charge in [-0.1, -0.05) is 53.2 Å². The highest BCUT2D eigenvalue weighted by Gasteiger charge is 2.26. The molecule has 0 saturated carbocycles. The van der Waals surface area contributed by atoms with Crippen LogP contribution >= 0.6 is 15.9 Å². The number of pyridine rings is 1. The van der Waals surface area contributed by atoms with Gasteiger partial charge in [-0.3, -0.25) is 4.98 Å².